The van der Waals surface area contributed by atoms with E-state index in [2.05, 4.69) is 5.32 Å². The molecule has 2 fully saturated rings. The van der Waals surface area contributed by atoms with Crippen molar-refractivity contribution in [3.05, 3.63) is 0 Å². The predicted octanol–water partition coefficient (Wildman–Crippen LogP) is 1.25. The van der Waals surface area contributed by atoms with E-state index in [1.54, 1.807) is 4.90 Å². The van der Waals surface area contributed by atoms with Gasteiger partial charge in [0.15, 0.2) is 0 Å². The highest BCUT2D eigenvalue weighted by Crippen LogP contribution is 2.40. The Bertz CT molecular complexity index is 436. The van der Waals surface area contributed by atoms with E-state index in [-0.39, 0.29) is 31.2 Å². The lowest BCUT2D eigenvalue weighted by Crippen LogP contribution is -2.50. The van der Waals surface area contributed by atoms with E-state index in [9.17, 15) is 22.8 Å². The van der Waals surface area contributed by atoms with Crippen molar-refractivity contribution < 1.29 is 22.8 Å². The van der Waals surface area contributed by atoms with Crippen LogP contribution in [0.1, 0.15) is 25.7 Å². The molecule has 2 aliphatic rings. The van der Waals surface area contributed by atoms with E-state index < -0.39 is 18.0 Å². The van der Waals surface area contributed by atoms with Crippen LogP contribution in [0.25, 0.3) is 0 Å². The minimum Gasteiger partial charge on any atom is -0.339 e. The Labute approximate surface area is 134 Å². The highest BCUT2D eigenvalue weighted by molar-refractivity contribution is 5.85. The van der Waals surface area contributed by atoms with Gasteiger partial charge in [0, 0.05) is 39.1 Å². The summed E-state index contributed by atoms with van der Waals surface area (Å²) in [5, 5.41) is 3.14. The summed E-state index contributed by atoms with van der Waals surface area (Å²) in [6.45, 7) is 2.57. The van der Waals surface area contributed by atoms with Crippen molar-refractivity contribution >= 4 is 11.8 Å². The Kier molecular flexibility index (Phi) is 5.89. The van der Waals surface area contributed by atoms with Gasteiger partial charge in [-0.25, -0.2) is 0 Å². The maximum atomic E-state index is 12.8. The van der Waals surface area contributed by atoms with Crippen LogP contribution in [0.4, 0.5) is 13.2 Å². The number of amides is 2. The van der Waals surface area contributed by atoms with Crippen LogP contribution in [0.3, 0.4) is 0 Å². The summed E-state index contributed by atoms with van der Waals surface area (Å²) in [5.74, 6) is -2.52. The zero-order valence-corrected chi connectivity index (χ0v) is 13.4. The molecule has 2 rings (SSSR count). The second-order valence-electron chi connectivity index (χ2n) is 6.43. The lowest BCUT2D eigenvalue weighted by atomic mass is 9.80. The first-order valence-electron chi connectivity index (χ1n) is 8.09. The average molecular weight is 335 g/mol. The fourth-order valence-corrected chi connectivity index (χ4v) is 3.32. The van der Waals surface area contributed by atoms with E-state index in [1.807, 2.05) is 0 Å². The van der Waals surface area contributed by atoms with Crippen molar-refractivity contribution in [1.29, 1.82) is 0 Å². The third-order valence-electron chi connectivity index (χ3n) is 4.70. The van der Waals surface area contributed by atoms with Crippen molar-refractivity contribution in [3.63, 3.8) is 0 Å². The number of alkyl halides is 3. The van der Waals surface area contributed by atoms with Gasteiger partial charge < -0.3 is 15.1 Å². The number of hydrogen-bond donors (Lipinski definition) is 1. The molecule has 132 valence electrons. The molecule has 5 nitrogen and oxygen atoms in total. The Hall–Kier alpha value is -1.31. The van der Waals surface area contributed by atoms with Crippen molar-refractivity contribution in [2.45, 2.75) is 31.9 Å². The smallest absolute Gasteiger partial charge is 0.339 e. The summed E-state index contributed by atoms with van der Waals surface area (Å²) >= 11 is 0. The molecule has 1 aliphatic heterocycles. The molecule has 1 saturated heterocycles. The fourth-order valence-electron chi connectivity index (χ4n) is 3.32. The van der Waals surface area contributed by atoms with Crippen molar-refractivity contribution in [2.75, 3.05) is 39.8 Å². The van der Waals surface area contributed by atoms with Crippen molar-refractivity contribution in [2.24, 2.45) is 11.8 Å². The van der Waals surface area contributed by atoms with Gasteiger partial charge in [0.05, 0.1) is 12.5 Å². The van der Waals surface area contributed by atoms with Crippen LogP contribution in [0.15, 0.2) is 0 Å². The lowest BCUT2D eigenvalue weighted by Gasteiger charge is -2.33. The number of nitrogens with one attached hydrogen (secondary N) is 1. The number of piperazine rings is 1. The maximum absolute atomic E-state index is 12.8. The summed E-state index contributed by atoms with van der Waals surface area (Å²) in [7, 11) is 1.50. The Morgan fingerprint density at radius 1 is 1.22 bits per heavy atom. The fraction of sp³-hybridized carbons (Fsp3) is 0.867. The summed E-state index contributed by atoms with van der Waals surface area (Å²) in [6.07, 6.45) is -3.43. The first-order valence-corrected chi connectivity index (χ1v) is 8.09. The SMILES string of the molecule is CN(CC(=O)N1CCNCC1)C(=O)C1CCCC(C(F)(F)F)C1. The molecule has 0 aromatic rings. The molecular formula is C15H24F3N3O2. The second-order valence-corrected chi connectivity index (χ2v) is 6.43. The van der Waals surface area contributed by atoms with E-state index in [0.29, 0.717) is 25.9 Å². The maximum Gasteiger partial charge on any atom is 0.391 e. The molecule has 8 heteroatoms. The summed E-state index contributed by atoms with van der Waals surface area (Å²) < 4.78 is 38.5. The van der Waals surface area contributed by atoms with E-state index >= 15 is 0 Å². The van der Waals surface area contributed by atoms with Gasteiger partial charge in [-0.05, 0) is 19.3 Å². The number of hydrogen-bond acceptors (Lipinski definition) is 3. The standard InChI is InChI=1S/C15H24F3N3O2/c1-20(10-13(22)21-7-5-19-6-8-21)14(23)11-3-2-4-12(9-11)15(16,17)18/h11-12,19H,2-10H2,1H3. The topological polar surface area (TPSA) is 52.7 Å². The van der Waals surface area contributed by atoms with Crippen LogP contribution in [0.5, 0.6) is 0 Å². The minimum atomic E-state index is -4.24. The van der Waals surface area contributed by atoms with Crippen molar-refractivity contribution in [3.8, 4) is 0 Å². The lowest BCUT2D eigenvalue weighted by molar-refractivity contribution is -0.187. The largest absolute Gasteiger partial charge is 0.391 e. The Balaban J connectivity index is 1.87. The molecule has 23 heavy (non-hydrogen) atoms. The molecule has 0 radical (unpaired) electrons. The molecule has 2 atom stereocenters. The molecule has 0 spiro atoms. The average Bonchev–Trinajstić information content (AvgIpc) is 2.54. The predicted molar refractivity (Wildman–Crippen MR) is 78.6 cm³/mol. The molecule has 0 aromatic heterocycles. The third kappa shape index (κ3) is 4.83. The van der Waals surface area contributed by atoms with Crippen LogP contribution in [-0.4, -0.2) is 67.6 Å². The van der Waals surface area contributed by atoms with E-state index in [0.717, 1.165) is 13.1 Å². The van der Waals surface area contributed by atoms with Gasteiger partial charge in [0.1, 0.15) is 0 Å². The number of halogens is 3. The monoisotopic (exact) mass is 335 g/mol. The number of likely N-dealkylation sites (N-methyl/N-ethyl adjacent to an activating group) is 1. The summed E-state index contributed by atoms with van der Waals surface area (Å²) in [5.41, 5.74) is 0. The van der Waals surface area contributed by atoms with Crippen LogP contribution in [-0.2, 0) is 9.59 Å². The number of carbonyl (C=O) groups excluding carboxylic acids is 2. The van der Waals surface area contributed by atoms with E-state index in [1.165, 1.54) is 11.9 Å². The van der Waals surface area contributed by atoms with E-state index in [4.69, 9.17) is 0 Å². The Morgan fingerprint density at radius 2 is 1.87 bits per heavy atom. The van der Waals surface area contributed by atoms with Crippen LogP contribution >= 0.6 is 0 Å². The molecule has 0 bridgehead atoms. The quantitative estimate of drug-likeness (QED) is 0.844. The van der Waals surface area contributed by atoms with Crippen LogP contribution < -0.4 is 5.32 Å². The highest BCUT2D eigenvalue weighted by Gasteiger charge is 2.44. The van der Waals surface area contributed by atoms with Gasteiger partial charge in [-0.15, -0.1) is 0 Å². The molecule has 1 aliphatic carbocycles. The molecule has 0 aromatic carbocycles. The summed E-state index contributed by atoms with van der Waals surface area (Å²) in [4.78, 5) is 27.5. The molecule has 1 heterocycles. The van der Waals surface area contributed by atoms with Gasteiger partial charge in [0.2, 0.25) is 11.8 Å². The van der Waals surface area contributed by atoms with Gasteiger partial charge in [-0.1, -0.05) is 6.42 Å². The first kappa shape index (κ1) is 18.0. The minimum absolute atomic E-state index is 0.0635. The molecule has 1 saturated carbocycles. The number of rotatable bonds is 3. The van der Waals surface area contributed by atoms with Gasteiger partial charge in [0.25, 0.3) is 0 Å². The normalized spacial score (nSPS) is 26.0. The van der Waals surface area contributed by atoms with Gasteiger partial charge in [-0.3, -0.25) is 9.59 Å². The number of nitrogens with zero attached hydrogens (tertiary/aromatic N) is 2. The second kappa shape index (κ2) is 7.51. The zero-order valence-electron chi connectivity index (χ0n) is 13.4. The third-order valence-corrected chi connectivity index (χ3v) is 4.70. The van der Waals surface area contributed by atoms with Gasteiger partial charge >= 0.3 is 6.18 Å². The molecular weight excluding hydrogens is 311 g/mol. The highest BCUT2D eigenvalue weighted by atomic mass is 19.4. The number of carbonyl (C=O) groups is 2. The van der Waals surface area contributed by atoms with Crippen LogP contribution in [0.2, 0.25) is 0 Å². The van der Waals surface area contributed by atoms with Crippen molar-refractivity contribution in [1.82, 2.24) is 15.1 Å². The zero-order chi connectivity index (χ0) is 17.0. The molecule has 2 amide bonds. The first-order chi connectivity index (χ1) is 10.8. The Morgan fingerprint density at radius 3 is 2.48 bits per heavy atom. The summed E-state index contributed by atoms with van der Waals surface area (Å²) in [6, 6.07) is 0. The van der Waals surface area contributed by atoms with Crippen LogP contribution in [0, 0.1) is 11.8 Å². The van der Waals surface area contributed by atoms with Gasteiger partial charge in [-0.2, -0.15) is 13.2 Å². The molecule has 2 unspecified atom stereocenters. The molecule has 1 N–H and O–H groups in total.